The van der Waals surface area contributed by atoms with Crippen molar-refractivity contribution >= 4 is 11.6 Å². The number of anilines is 1. The average molecular weight is 208 g/mol. The first kappa shape index (κ1) is 9.92. The van der Waals surface area contributed by atoms with E-state index >= 15 is 0 Å². The lowest BCUT2D eigenvalue weighted by molar-refractivity contribution is -0.117. The number of aliphatic hydroxyl groups is 1. The van der Waals surface area contributed by atoms with Crippen molar-refractivity contribution in [2.45, 2.75) is 6.42 Å². The Balaban J connectivity index is 2.21. The number of aromatic nitrogens is 1. The van der Waals surface area contributed by atoms with E-state index in [4.69, 9.17) is 5.11 Å². The second-order valence-corrected chi connectivity index (χ2v) is 3.67. The molecule has 0 spiro atoms. The molecule has 0 aromatic carbocycles. The number of carbonyl (C=O) groups is 1. The van der Waals surface area contributed by atoms with Crippen LogP contribution in [0.1, 0.15) is 6.42 Å². The predicted molar refractivity (Wildman–Crippen MR) is 54.6 cm³/mol. The van der Waals surface area contributed by atoms with Crippen LogP contribution in [0.4, 0.5) is 5.69 Å². The normalized spacial score (nSPS) is 21.0. The van der Waals surface area contributed by atoms with Crippen molar-refractivity contribution in [3.05, 3.63) is 28.7 Å². The summed E-state index contributed by atoms with van der Waals surface area (Å²) in [6.45, 7) is 0.535. The van der Waals surface area contributed by atoms with Crippen LogP contribution in [0.25, 0.3) is 0 Å². The van der Waals surface area contributed by atoms with Gasteiger partial charge in [0.15, 0.2) is 0 Å². The molecule has 0 aliphatic carbocycles. The molecule has 1 atom stereocenters. The van der Waals surface area contributed by atoms with Crippen molar-refractivity contribution in [3.63, 3.8) is 0 Å². The van der Waals surface area contributed by atoms with Crippen LogP contribution >= 0.6 is 0 Å². The summed E-state index contributed by atoms with van der Waals surface area (Å²) in [6, 6.07) is 2.99. The van der Waals surface area contributed by atoms with Gasteiger partial charge in [0.1, 0.15) is 0 Å². The van der Waals surface area contributed by atoms with Crippen LogP contribution in [0.3, 0.4) is 0 Å². The summed E-state index contributed by atoms with van der Waals surface area (Å²) in [6.07, 6.45) is 1.88. The van der Waals surface area contributed by atoms with E-state index in [-0.39, 0.29) is 24.0 Å². The maximum absolute atomic E-state index is 11.6. The van der Waals surface area contributed by atoms with E-state index in [0.717, 1.165) is 0 Å². The summed E-state index contributed by atoms with van der Waals surface area (Å²) in [5.74, 6) is -0.00877. The van der Waals surface area contributed by atoms with Gasteiger partial charge in [0.2, 0.25) is 11.5 Å². The zero-order chi connectivity index (χ0) is 10.8. The fraction of sp³-hybridized carbons (Fsp3) is 0.400. The molecule has 0 bridgehead atoms. The lowest BCUT2D eigenvalue weighted by atomic mass is 10.1. The molecule has 1 aromatic rings. The molecule has 1 fully saturated rings. The van der Waals surface area contributed by atoms with E-state index in [1.165, 1.54) is 12.3 Å². The molecule has 80 valence electrons. The molecule has 15 heavy (non-hydrogen) atoms. The molecule has 1 aliphatic heterocycles. The third kappa shape index (κ3) is 1.92. The van der Waals surface area contributed by atoms with Gasteiger partial charge >= 0.3 is 0 Å². The van der Waals surface area contributed by atoms with Crippen LogP contribution in [-0.2, 0) is 4.79 Å². The fourth-order valence-corrected chi connectivity index (χ4v) is 1.72. The Kier molecular flexibility index (Phi) is 2.55. The highest BCUT2D eigenvalue weighted by Crippen LogP contribution is 2.23. The first-order valence-electron chi connectivity index (χ1n) is 4.80. The Labute approximate surface area is 86.3 Å². The van der Waals surface area contributed by atoms with Crippen molar-refractivity contribution in [3.8, 4) is 0 Å². The highest BCUT2D eigenvalue weighted by atomic mass is 16.3. The number of aromatic amines is 1. The SMILES string of the molecule is O=C1CC(CO)CN1c1ccc(=O)[nH]c1. The van der Waals surface area contributed by atoms with Gasteiger partial charge in [0.05, 0.1) is 5.69 Å². The van der Waals surface area contributed by atoms with Crippen LogP contribution in [0.2, 0.25) is 0 Å². The number of amides is 1. The van der Waals surface area contributed by atoms with Crippen molar-refractivity contribution in [2.24, 2.45) is 5.92 Å². The Bertz CT molecular complexity index is 406. The lowest BCUT2D eigenvalue weighted by Gasteiger charge is -2.15. The van der Waals surface area contributed by atoms with Crippen molar-refractivity contribution < 1.29 is 9.90 Å². The number of rotatable bonds is 2. The fourth-order valence-electron chi connectivity index (χ4n) is 1.72. The number of hydrogen-bond acceptors (Lipinski definition) is 3. The maximum atomic E-state index is 11.6. The average Bonchev–Trinajstić information content (AvgIpc) is 2.61. The Morgan fingerprint density at radius 3 is 2.80 bits per heavy atom. The van der Waals surface area contributed by atoms with Gasteiger partial charge in [0, 0.05) is 37.8 Å². The van der Waals surface area contributed by atoms with Gasteiger partial charge in [-0.3, -0.25) is 9.59 Å². The minimum atomic E-state index is -0.191. The molecule has 5 nitrogen and oxygen atoms in total. The van der Waals surface area contributed by atoms with Crippen molar-refractivity contribution in [1.29, 1.82) is 0 Å². The van der Waals surface area contributed by atoms with Gasteiger partial charge in [0.25, 0.3) is 0 Å². The molecule has 1 aliphatic rings. The van der Waals surface area contributed by atoms with Gasteiger partial charge in [-0.2, -0.15) is 0 Å². The zero-order valence-electron chi connectivity index (χ0n) is 8.14. The smallest absolute Gasteiger partial charge is 0.248 e. The van der Waals surface area contributed by atoms with Gasteiger partial charge in [-0.1, -0.05) is 0 Å². The number of H-pyrrole nitrogens is 1. The number of carbonyl (C=O) groups excluding carboxylic acids is 1. The third-order valence-corrected chi connectivity index (χ3v) is 2.54. The van der Waals surface area contributed by atoms with E-state index in [1.807, 2.05) is 0 Å². The van der Waals surface area contributed by atoms with Gasteiger partial charge in [-0.25, -0.2) is 0 Å². The number of hydrogen-bond donors (Lipinski definition) is 2. The van der Waals surface area contributed by atoms with Crippen molar-refractivity contribution in [2.75, 3.05) is 18.1 Å². The molecule has 0 radical (unpaired) electrons. The number of nitrogens with zero attached hydrogens (tertiary/aromatic N) is 1. The molecule has 1 amide bonds. The Hall–Kier alpha value is -1.62. The summed E-state index contributed by atoms with van der Waals surface area (Å²) in [7, 11) is 0. The molecule has 1 unspecified atom stereocenters. The molecule has 2 N–H and O–H groups in total. The second kappa shape index (κ2) is 3.86. The molecular formula is C10H12N2O3. The number of pyridine rings is 1. The van der Waals surface area contributed by atoms with E-state index < -0.39 is 0 Å². The first-order chi connectivity index (χ1) is 7.20. The second-order valence-electron chi connectivity index (χ2n) is 3.67. The predicted octanol–water partition coefficient (Wildman–Crippen LogP) is -0.280. The molecular weight excluding hydrogens is 196 g/mol. The highest BCUT2D eigenvalue weighted by Gasteiger charge is 2.29. The van der Waals surface area contributed by atoms with E-state index in [1.54, 1.807) is 11.0 Å². The van der Waals surface area contributed by atoms with Crippen LogP contribution in [-0.4, -0.2) is 29.1 Å². The number of aliphatic hydroxyl groups excluding tert-OH is 1. The summed E-state index contributed by atoms with van der Waals surface area (Å²) in [5.41, 5.74) is 0.486. The van der Waals surface area contributed by atoms with Crippen molar-refractivity contribution in [1.82, 2.24) is 4.98 Å². The first-order valence-corrected chi connectivity index (χ1v) is 4.80. The monoisotopic (exact) mass is 208 g/mol. The van der Waals surface area contributed by atoms with E-state index in [0.29, 0.717) is 18.7 Å². The Morgan fingerprint density at radius 2 is 2.27 bits per heavy atom. The molecule has 1 aromatic heterocycles. The lowest BCUT2D eigenvalue weighted by Crippen LogP contribution is -2.25. The molecule has 1 saturated heterocycles. The zero-order valence-corrected chi connectivity index (χ0v) is 8.14. The molecule has 0 saturated carbocycles. The molecule has 2 rings (SSSR count). The molecule has 5 heteroatoms. The quantitative estimate of drug-likeness (QED) is 0.702. The van der Waals surface area contributed by atoms with Gasteiger partial charge < -0.3 is 15.0 Å². The highest BCUT2D eigenvalue weighted by molar-refractivity contribution is 5.95. The number of nitrogens with one attached hydrogen (secondary N) is 1. The van der Waals surface area contributed by atoms with E-state index in [2.05, 4.69) is 4.98 Å². The summed E-state index contributed by atoms with van der Waals surface area (Å²) in [4.78, 5) is 26.5. The Morgan fingerprint density at radius 1 is 1.47 bits per heavy atom. The van der Waals surface area contributed by atoms with Crippen LogP contribution in [0.5, 0.6) is 0 Å². The van der Waals surface area contributed by atoms with Crippen LogP contribution < -0.4 is 10.5 Å². The van der Waals surface area contributed by atoms with Gasteiger partial charge in [-0.05, 0) is 6.07 Å². The standard InChI is InChI=1S/C10H12N2O3/c13-6-7-3-10(15)12(5-7)8-1-2-9(14)11-4-8/h1-2,4,7,13H,3,5-6H2,(H,11,14). The third-order valence-electron chi connectivity index (χ3n) is 2.54. The van der Waals surface area contributed by atoms with Gasteiger partial charge in [-0.15, -0.1) is 0 Å². The van der Waals surface area contributed by atoms with Crippen LogP contribution in [0.15, 0.2) is 23.1 Å². The largest absolute Gasteiger partial charge is 0.396 e. The maximum Gasteiger partial charge on any atom is 0.248 e. The molecule has 2 heterocycles. The topological polar surface area (TPSA) is 73.4 Å². The summed E-state index contributed by atoms with van der Waals surface area (Å²) in [5, 5.41) is 8.96. The van der Waals surface area contributed by atoms with E-state index in [9.17, 15) is 9.59 Å². The summed E-state index contributed by atoms with van der Waals surface area (Å²) < 4.78 is 0. The minimum Gasteiger partial charge on any atom is -0.396 e. The summed E-state index contributed by atoms with van der Waals surface area (Å²) >= 11 is 0. The van der Waals surface area contributed by atoms with Crippen LogP contribution in [0, 0.1) is 5.92 Å². The minimum absolute atomic E-state index is 0.00410.